The van der Waals surface area contributed by atoms with Gasteiger partial charge in [-0.05, 0) is 54.6 Å². The van der Waals surface area contributed by atoms with E-state index in [1.807, 2.05) is 0 Å². The minimum atomic E-state index is -4.70. The Labute approximate surface area is 193 Å². The van der Waals surface area contributed by atoms with Crippen molar-refractivity contribution in [2.75, 3.05) is 23.3 Å². The Morgan fingerprint density at radius 1 is 1.03 bits per heavy atom. The molecule has 1 amide bonds. The maximum Gasteiger partial charge on any atom is 0.418 e. The van der Waals surface area contributed by atoms with Gasteiger partial charge in [0.1, 0.15) is 5.75 Å². The normalized spacial score (nSPS) is 11.7. The van der Waals surface area contributed by atoms with Crippen molar-refractivity contribution in [2.24, 2.45) is 0 Å². The molecule has 0 aliphatic rings. The van der Waals surface area contributed by atoms with Crippen molar-refractivity contribution >= 4 is 38.9 Å². The molecule has 0 radical (unpaired) electrons. The summed E-state index contributed by atoms with van der Waals surface area (Å²) < 4.78 is 71.2. The number of carbonyl (C=O) groups excluding carboxylic acids is 1. The summed E-state index contributed by atoms with van der Waals surface area (Å²) in [6.07, 6.45) is -4.70. The third-order valence-electron chi connectivity index (χ3n) is 4.53. The molecule has 0 spiro atoms. The second kappa shape index (κ2) is 9.72. The van der Waals surface area contributed by atoms with Crippen LogP contribution in [-0.2, 0) is 21.0 Å². The van der Waals surface area contributed by atoms with Gasteiger partial charge in [-0.1, -0.05) is 29.8 Å². The summed E-state index contributed by atoms with van der Waals surface area (Å²) in [5, 5.41) is 2.04. The zero-order valence-corrected chi connectivity index (χ0v) is 18.7. The zero-order chi connectivity index (χ0) is 24.2. The standard InChI is InChI=1S/C22H18ClF3N2O4S/c1-28(33(30,31)18-5-3-2-4-6-18)16-8-10-17(11-9-16)32-14-21(29)27-20-12-7-15(23)13-19(20)22(24,25)26/h2-13H,14H2,1H3,(H,27,29). The highest BCUT2D eigenvalue weighted by Crippen LogP contribution is 2.36. The summed E-state index contributed by atoms with van der Waals surface area (Å²) in [6.45, 7) is -0.558. The molecule has 3 aromatic rings. The van der Waals surface area contributed by atoms with Gasteiger partial charge in [-0.2, -0.15) is 13.2 Å². The lowest BCUT2D eigenvalue weighted by Gasteiger charge is -2.20. The van der Waals surface area contributed by atoms with E-state index in [0.29, 0.717) is 5.69 Å². The predicted octanol–water partition coefficient (Wildman–Crippen LogP) is 5.20. The van der Waals surface area contributed by atoms with Gasteiger partial charge in [0.15, 0.2) is 6.61 Å². The topological polar surface area (TPSA) is 75.7 Å². The summed E-state index contributed by atoms with van der Waals surface area (Å²) in [6, 6.07) is 16.8. The van der Waals surface area contributed by atoms with E-state index in [2.05, 4.69) is 5.32 Å². The molecule has 11 heteroatoms. The molecule has 0 aromatic heterocycles. The largest absolute Gasteiger partial charge is 0.484 e. The molecule has 0 saturated heterocycles. The maximum atomic E-state index is 13.1. The number of halogens is 4. The molecule has 0 aliphatic heterocycles. The number of alkyl halides is 3. The molecule has 174 valence electrons. The van der Waals surface area contributed by atoms with Gasteiger partial charge in [-0.3, -0.25) is 9.10 Å². The maximum absolute atomic E-state index is 13.1. The molecule has 0 aliphatic carbocycles. The fourth-order valence-electron chi connectivity index (χ4n) is 2.84. The number of hydrogen-bond acceptors (Lipinski definition) is 4. The molecule has 6 nitrogen and oxygen atoms in total. The zero-order valence-electron chi connectivity index (χ0n) is 17.1. The molecule has 3 aromatic carbocycles. The highest BCUT2D eigenvalue weighted by molar-refractivity contribution is 7.92. The summed E-state index contributed by atoms with van der Waals surface area (Å²) in [5.41, 5.74) is -1.16. The minimum absolute atomic E-state index is 0.115. The van der Waals surface area contributed by atoms with Crippen LogP contribution in [0.4, 0.5) is 24.5 Å². The summed E-state index contributed by atoms with van der Waals surface area (Å²) in [4.78, 5) is 12.2. The summed E-state index contributed by atoms with van der Waals surface area (Å²) in [7, 11) is -2.36. The number of hydrogen-bond donors (Lipinski definition) is 1. The van der Waals surface area contributed by atoms with E-state index in [1.165, 1.54) is 49.5 Å². The second-order valence-electron chi connectivity index (χ2n) is 6.80. The molecule has 0 saturated carbocycles. The van der Waals surface area contributed by atoms with Crippen molar-refractivity contribution in [2.45, 2.75) is 11.1 Å². The lowest BCUT2D eigenvalue weighted by molar-refractivity contribution is -0.137. The molecule has 33 heavy (non-hydrogen) atoms. The second-order valence-corrected chi connectivity index (χ2v) is 9.21. The highest BCUT2D eigenvalue weighted by Gasteiger charge is 2.34. The first-order valence-electron chi connectivity index (χ1n) is 9.42. The predicted molar refractivity (Wildman–Crippen MR) is 119 cm³/mol. The van der Waals surface area contributed by atoms with E-state index >= 15 is 0 Å². The molecule has 0 unspecified atom stereocenters. The van der Waals surface area contributed by atoms with Gasteiger partial charge >= 0.3 is 6.18 Å². The molecule has 0 heterocycles. The van der Waals surface area contributed by atoms with Gasteiger partial charge in [0.05, 0.1) is 21.8 Å². The summed E-state index contributed by atoms with van der Waals surface area (Å²) in [5.74, 6) is -0.581. The Hall–Kier alpha value is -3.24. The first kappa shape index (κ1) is 24.4. The number of rotatable bonds is 7. The number of carbonyl (C=O) groups is 1. The third kappa shape index (κ3) is 5.96. The Morgan fingerprint density at radius 3 is 2.27 bits per heavy atom. The minimum Gasteiger partial charge on any atom is -0.484 e. The van der Waals surface area contributed by atoms with Crippen molar-refractivity contribution in [3.05, 3.63) is 83.4 Å². The molecule has 0 bridgehead atoms. The van der Waals surface area contributed by atoms with Crippen LogP contribution < -0.4 is 14.4 Å². The van der Waals surface area contributed by atoms with Crippen LogP contribution in [0.5, 0.6) is 5.75 Å². The average molecular weight is 499 g/mol. The van der Waals surface area contributed by atoms with Crippen LogP contribution in [-0.4, -0.2) is 28.0 Å². The Morgan fingerprint density at radius 2 is 1.67 bits per heavy atom. The third-order valence-corrected chi connectivity index (χ3v) is 6.57. The van der Waals surface area contributed by atoms with Crippen LogP contribution in [0, 0.1) is 0 Å². The molecule has 0 fully saturated rings. The molecular weight excluding hydrogens is 481 g/mol. The summed E-state index contributed by atoms with van der Waals surface area (Å²) >= 11 is 5.62. The number of anilines is 2. The fourth-order valence-corrected chi connectivity index (χ4v) is 4.23. The van der Waals surface area contributed by atoms with Crippen molar-refractivity contribution in [1.29, 1.82) is 0 Å². The lowest BCUT2D eigenvalue weighted by Crippen LogP contribution is -2.26. The first-order chi connectivity index (χ1) is 15.5. The van der Waals surface area contributed by atoms with Crippen LogP contribution in [0.2, 0.25) is 5.02 Å². The van der Waals surface area contributed by atoms with Crippen molar-refractivity contribution in [1.82, 2.24) is 0 Å². The van der Waals surface area contributed by atoms with E-state index in [9.17, 15) is 26.4 Å². The van der Waals surface area contributed by atoms with E-state index < -0.39 is 40.0 Å². The number of sulfonamides is 1. The van der Waals surface area contributed by atoms with E-state index in [4.69, 9.17) is 16.3 Å². The van der Waals surface area contributed by atoms with Gasteiger partial charge in [0.2, 0.25) is 0 Å². The smallest absolute Gasteiger partial charge is 0.418 e. The first-order valence-corrected chi connectivity index (χ1v) is 11.2. The van der Waals surface area contributed by atoms with Crippen LogP contribution in [0.3, 0.4) is 0 Å². The number of nitrogens with zero attached hydrogens (tertiary/aromatic N) is 1. The SMILES string of the molecule is CN(c1ccc(OCC(=O)Nc2ccc(Cl)cc2C(F)(F)F)cc1)S(=O)(=O)c1ccccc1. The van der Waals surface area contributed by atoms with Gasteiger partial charge < -0.3 is 10.1 Å². The number of nitrogens with one attached hydrogen (secondary N) is 1. The van der Waals surface area contributed by atoms with E-state index in [1.54, 1.807) is 18.2 Å². The monoisotopic (exact) mass is 498 g/mol. The quantitative estimate of drug-likeness (QED) is 0.486. The van der Waals surface area contributed by atoms with E-state index in [-0.39, 0.29) is 15.7 Å². The average Bonchev–Trinajstić information content (AvgIpc) is 2.78. The van der Waals surface area contributed by atoms with Crippen LogP contribution in [0.25, 0.3) is 0 Å². The van der Waals surface area contributed by atoms with Crippen LogP contribution >= 0.6 is 11.6 Å². The van der Waals surface area contributed by atoms with Crippen LogP contribution in [0.1, 0.15) is 5.56 Å². The molecule has 1 N–H and O–H groups in total. The van der Waals surface area contributed by atoms with Gasteiger partial charge in [-0.15, -0.1) is 0 Å². The highest BCUT2D eigenvalue weighted by atomic mass is 35.5. The number of benzene rings is 3. The van der Waals surface area contributed by atoms with E-state index in [0.717, 1.165) is 16.4 Å². The Balaban J connectivity index is 1.64. The molecular formula is C22H18ClF3N2O4S. The van der Waals surface area contributed by atoms with Crippen LogP contribution in [0.15, 0.2) is 77.7 Å². The number of amides is 1. The lowest BCUT2D eigenvalue weighted by atomic mass is 10.1. The van der Waals surface area contributed by atoms with Gasteiger partial charge in [0.25, 0.3) is 15.9 Å². The molecule has 3 rings (SSSR count). The van der Waals surface area contributed by atoms with Crippen molar-refractivity contribution in [3.8, 4) is 5.75 Å². The Bertz CT molecular complexity index is 1230. The molecule has 0 atom stereocenters. The van der Waals surface area contributed by atoms with Crippen molar-refractivity contribution < 1.29 is 31.1 Å². The fraction of sp³-hybridized carbons (Fsp3) is 0.136. The van der Waals surface area contributed by atoms with Crippen molar-refractivity contribution in [3.63, 3.8) is 0 Å². The Kier molecular flexibility index (Phi) is 7.19. The number of ether oxygens (including phenoxy) is 1. The van der Waals surface area contributed by atoms with Gasteiger partial charge in [0, 0.05) is 12.1 Å². The van der Waals surface area contributed by atoms with Gasteiger partial charge in [-0.25, -0.2) is 8.42 Å².